The third-order valence-corrected chi connectivity index (χ3v) is 8.55. The number of fused-ring (bicyclic) bond motifs is 1. The zero-order valence-corrected chi connectivity index (χ0v) is 25.7. The van der Waals surface area contributed by atoms with Crippen molar-refractivity contribution in [2.75, 3.05) is 44.4 Å². The number of hydrazone groups is 1. The van der Waals surface area contributed by atoms with Gasteiger partial charge >= 0.3 is 0 Å². The lowest BCUT2D eigenvalue weighted by atomic mass is 9.77. The van der Waals surface area contributed by atoms with Gasteiger partial charge in [0, 0.05) is 31.1 Å². The molecule has 1 saturated carbocycles. The number of hydrogen-bond donors (Lipinski definition) is 0. The number of anilines is 1. The van der Waals surface area contributed by atoms with Crippen LogP contribution in [0.4, 0.5) is 11.4 Å². The van der Waals surface area contributed by atoms with E-state index in [4.69, 9.17) is 19.3 Å². The standard InChI is InChI=1S/C35H38N4O6/c1-3-44-28-13-8-24(9-14-28)22-26-6-5-7-30-33(26)36-38(34(30)25-10-15-29(16-11-25)45-4-2)35(40)31-23-27(39(41)42)12-17-32(31)37-18-20-43-21-19-37/h8-17,22-23,30,34H,3-7,18-21H2,1-2H3/b26-22+/t30-,34+/m0/s1. The van der Waals surface area contributed by atoms with Crippen LogP contribution in [0.15, 0.2) is 77.4 Å². The molecule has 2 atom stereocenters. The smallest absolute Gasteiger partial charge is 0.276 e. The second-order valence-corrected chi connectivity index (χ2v) is 11.3. The SMILES string of the molecule is CCOc1ccc(/C=C2\CCC[C@H]3C2=NN(C(=O)c2cc([N+](=O)[O-])ccc2N2CCOCC2)[C@@H]3c2ccc(OCC)cc2)cc1. The first-order valence-electron chi connectivity index (χ1n) is 15.7. The molecule has 0 aromatic heterocycles. The van der Waals surface area contributed by atoms with Crippen LogP contribution in [0.3, 0.4) is 0 Å². The Bertz CT molecular complexity index is 1600. The maximum atomic E-state index is 14.6. The molecule has 0 bridgehead atoms. The number of nitrogens with zero attached hydrogens (tertiary/aromatic N) is 4. The van der Waals surface area contributed by atoms with Gasteiger partial charge in [-0.25, -0.2) is 5.01 Å². The van der Waals surface area contributed by atoms with Crippen molar-refractivity contribution in [2.24, 2.45) is 11.0 Å². The van der Waals surface area contributed by atoms with Crippen molar-refractivity contribution >= 4 is 29.1 Å². The first-order valence-corrected chi connectivity index (χ1v) is 15.7. The number of nitro groups is 1. The number of hydrogen-bond acceptors (Lipinski definition) is 8. The Morgan fingerprint density at radius 1 is 1.00 bits per heavy atom. The van der Waals surface area contributed by atoms with Gasteiger partial charge in [-0.3, -0.25) is 14.9 Å². The third kappa shape index (κ3) is 6.42. The number of allylic oxidation sites excluding steroid dienone is 1. The van der Waals surface area contributed by atoms with Crippen LogP contribution < -0.4 is 14.4 Å². The van der Waals surface area contributed by atoms with Crippen LogP contribution in [-0.4, -0.2) is 61.1 Å². The van der Waals surface area contributed by atoms with Gasteiger partial charge in [-0.05, 0) is 86.2 Å². The molecule has 2 fully saturated rings. The third-order valence-electron chi connectivity index (χ3n) is 8.55. The molecular formula is C35H38N4O6. The first-order chi connectivity index (χ1) is 22.0. The summed E-state index contributed by atoms with van der Waals surface area (Å²) in [6, 6.07) is 20.0. The van der Waals surface area contributed by atoms with Gasteiger partial charge < -0.3 is 19.1 Å². The summed E-state index contributed by atoms with van der Waals surface area (Å²) in [4.78, 5) is 28.0. The summed E-state index contributed by atoms with van der Waals surface area (Å²) in [5.74, 6) is 1.19. The highest BCUT2D eigenvalue weighted by Crippen LogP contribution is 2.46. The molecule has 1 saturated heterocycles. The van der Waals surface area contributed by atoms with E-state index in [9.17, 15) is 14.9 Å². The number of benzene rings is 3. The number of ether oxygens (including phenoxy) is 3. The van der Waals surface area contributed by atoms with Crippen LogP contribution in [0.25, 0.3) is 6.08 Å². The van der Waals surface area contributed by atoms with Crippen LogP contribution in [0.1, 0.15) is 60.6 Å². The maximum Gasteiger partial charge on any atom is 0.276 e. The van der Waals surface area contributed by atoms with Gasteiger partial charge in [0.2, 0.25) is 0 Å². The summed E-state index contributed by atoms with van der Waals surface area (Å²) >= 11 is 0. The zero-order chi connectivity index (χ0) is 31.3. The molecule has 3 aromatic rings. The number of carbonyl (C=O) groups is 1. The average molecular weight is 611 g/mol. The van der Waals surface area contributed by atoms with Crippen molar-refractivity contribution in [3.8, 4) is 11.5 Å². The number of amides is 1. The highest BCUT2D eigenvalue weighted by Gasteiger charge is 2.44. The minimum atomic E-state index is -0.461. The Kier molecular flexibility index (Phi) is 9.11. The highest BCUT2D eigenvalue weighted by atomic mass is 16.6. The molecule has 3 aliphatic rings. The van der Waals surface area contributed by atoms with E-state index in [0.29, 0.717) is 45.2 Å². The second kappa shape index (κ2) is 13.5. The van der Waals surface area contributed by atoms with E-state index in [1.54, 1.807) is 11.1 Å². The topological polar surface area (TPSA) is 107 Å². The Morgan fingerprint density at radius 3 is 2.31 bits per heavy atom. The molecule has 1 aliphatic carbocycles. The molecule has 10 heteroatoms. The molecule has 3 aromatic carbocycles. The maximum absolute atomic E-state index is 14.6. The molecule has 0 unspecified atom stereocenters. The van der Waals surface area contributed by atoms with Gasteiger partial charge in [0.05, 0.1) is 54.4 Å². The largest absolute Gasteiger partial charge is 0.494 e. The summed E-state index contributed by atoms with van der Waals surface area (Å²) in [6.45, 7) is 7.28. The molecule has 10 nitrogen and oxygen atoms in total. The predicted molar refractivity (Wildman–Crippen MR) is 173 cm³/mol. The van der Waals surface area contributed by atoms with E-state index in [0.717, 1.165) is 53.2 Å². The molecule has 0 spiro atoms. The normalized spacial score (nSPS) is 20.5. The Hall–Kier alpha value is -4.70. The highest BCUT2D eigenvalue weighted by molar-refractivity contribution is 6.10. The fourth-order valence-corrected chi connectivity index (χ4v) is 6.47. The van der Waals surface area contributed by atoms with Gasteiger partial charge in [0.1, 0.15) is 11.5 Å². The minimum absolute atomic E-state index is 0.0277. The molecule has 2 aliphatic heterocycles. The number of nitro benzene ring substituents is 1. The monoisotopic (exact) mass is 610 g/mol. The lowest BCUT2D eigenvalue weighted by Gasteiger charge is -2.32. The Morgan fingerprint density at radius 2 is 1.67 bits per heavy atom. The average Bonchev–Trinajstić information content (AvgIpc) is 3.47. The van der Waals surface area contributed by atoms with Crippen molar-refractivity contribution in [3.05, 3.63) is 99.1 Å². The molecule has 2 heterocycles. The number of morpholine rings is 1. The van der Waals surface area contributed by atoms with Crippen molar-refractivity contribution < 1.29 is 23.9 Å². The van der Waals surface area contributed by atoms with Gasteiger partial charge in [0.25, 0.3) is 11.6 Å². The Balaban J connectivity index is 1.43. The van der Waals surface area contributed by atoms with Crippen LogP contribution >= 0.6 is 0 Å². The van der Waals surface area contributed by atoms with E-state index in [2.05, 4.69) is 11.0 Å². The molecule has 1 amide bonds. The van der Waals surface area contributed by atoms with E-state index < -0.39 is 4.92 Å². The molecular weight excluding hydrogens is 572 g/mol. The van der Waals surface area contributed by atoms with Gasteiger partial charge in [0.15, 0.2) is 0 Å². The van der Waals surface area contributed by atoms with Gasteiger partial charge in [-0.2, -0.15) is 5.10 Å². The summed E-state index contributed by atoms with van der Waals surface area (Å²) < 4.78 is 16.8. The van der Waals surface area contributed by atoms with Crippen molar-refractivity contribution in [3.63, 3.8) is 0 Å². The van der Waals surface area contributed by atoms with Crippen molar-refractivity contribution in [1.82, 2.24) is 5.01 Å². The molecule has 0 N–H and O–H groups in total. The van der Waals surface area contributed by atoms with E-state index in [-0.39, 0.29) is 29.1 Å². The first kappa shape index (κ1) is 30.3. The summed E-state index contributed by atoms with van der Waals surface area (Å²) in [5.41, 5.74) is 4.74. The fraction of sp³-hybridized carbons (Fsp3) is 0.371. The summed E-state index contributed by atoms with van der Waals surface area (Å²) in [6.07, 6.45) is 4.82. The van der Waals surface area contributed by atoms with Gasteiger partial charge in [-0.1, -0.05) is 24.3 Å². The van der Waals surface area contributed by atoms with E-state index in [1.807, 2.05) is 62.4 Å². The van der Waals surface area contributed by atoms with Crippen LogP contribution in [-0.2, 0) is 4.74 Å². The molecule has 234 valence electrons. The summed E-state index contributed by atoms with van der Waals surface area (Å²) in [5, 5.41) is 18.4. The van der Waals surface area contributed by atoms with Crippen molar-refractivity contribution in [2.45, 2.75) is 39.2 Å². The Labute approximate surface area is 263 Å². The van der Waals surface area contributed by atoms with E-state index in [1.165, 1.54) is 12.1 Å². The lowest BCUT2D eigenvalue weighted by molar-refractivity contribution is -0.384. The van der Waals surface area contributed by atoms with Crippen LogP contribution in [0.5, 0.6) is 11.5 Å². The van der Waals surface area contributed by atoms with E-state index >= 15 is 0 Å². The molecule has 0 radical (unpaired) electrons. The molecule has 6 rings (SSSR count). The number of non-ortho nitro benzene ring substituents is 1. The number of carbonyl (C=O) groups excluding carboxylic acids is 1. The minimum Gasteiger partial charge on any atom is -0.494 e. The lowest BCUT2D eigenvalue weighted by Crippen LogP contribution is -2.38. The van der Waals surface area contributed by atoms with Crippen molar-refractivity contribution in [1.29, 1.82) is 0 Å². The van der Waals surface area contributed by atoms with Crippen LogP contribution in [0, 0.1) is 16.0 Å². The fourth-order valence-electron chi connectivity index (χ4n) is 6.47. The molecule has 45 heavy (non-hydrogen) atoms. The predicted octanol–water partition coefficient (Wildman–Crippen LogP) is 6.67. The van der Waals surface area contributed by atoms with Gasteiger partial charge in [-0.15, -0.1) is 0 Å². The number of rotatable bonds is 9. The second-order valence-electron chi connectivity index (χ2n) is 11.3. The zero-order valence-electron chi connectivity index (χ0n) is 25.7. The summed E-state index contributed by atoms with van der Waals surface area (Å²) in [7, 11) is 0. The van der Waals surface area contributed by atoms with Crippen LogP contribution in [0.2, 0.25) is 0 Å². The quantitative estimate of drug-likeness (QED) is 0.197.